The molecule has 0 saturated carbocycles. The SMILES string of the molecule is CSCCC(N)(O)C(=O)O. The molecule has 0 aliphatic rings. The predicted octanol–water partition coefficient (Wildman–Crippen LogP) is -0.529. The Kier molecular flexibility index (Phi) is 3.70. The Balaban J connectivity index is 3.75. The smallest absolute Gasteiger partial charge is 0.351 e. The second-order valence-electron chi connectivity index (χ2n) is 1.97. The molecule has 4 N–H and O–H groups in total. The highest BCUT2D eigenvalue weighted by atomic mass is 32.2. The standard InChI is InChI=1S/C5H11NO3S/c1-10-3-2-5(6,9)4(7)8/h9H,2-3,6H2,1H3,(H,7,8). The molecule has 10 heavy (non-hydrogen) atoms. The third-order valence-electron chi connectivity index (χ3n) is 1.06. The monoisotopic (exact) mass is 165 g/mol. The minimum Gasteiger partial charge on any atom is -0.478 e. The summed E-state index contributed by atoms with van der Waals surface area (Å²) in [5.74, 6) is -0.833. The molecule has 1 unspecified atom stereocenters. The van der Waals surface area contributed by atoms with Gasteiger partial charge in [0, 0.05) is 6.42 Å². The normalized spacial score (nSPS) is 16.3. The van der Waals surface area contributed by atoms with Gasteiger partial charge in [0.2, 0.25) is 5.72 Å². The van der Waals surface area contributed by atoms with Crippen molar-refractivity contribution in [2.45, 2.75) is 12.1 Å². The van der Waals surface area contributed by atoms with Crippen LogP contribution in [0.1, 0.15) is 6.42 Å². The molecule has 0 spiro atoms. The van der Waals surface area contributed by atoms with E-state index < -0.39 is 11.7 Å². The van der Waals surface area contributed by atoms with Crippen LogP contribution in [0.3, 0.4) is 0 Å². The van der Waals surface area contributed by atoms with E-state index in [0.29, 0.717) is 5.75 Å². The van der Waals surface area contributed by atoms with Crippen LogP contribution in [-0.2, 0) is 4.79 Å². The van der Waals surface area contributed by atoms with Crippen LogP contribution in [-0.4, -0.2) is 33.9 Å². The van der Waals surface area contributed by atoms with Gasteiger partial charge in [0.1, 0.15) is 0 Å². The number of hydrogen-bond acceptors (Lipinski definition) is 4. The molecular formula is C5H11NO3S. The van der Waals surface area contributed by atoms with Crippen molar-refractivity contribution in [3.63, 3.8) is 0 Å². The van der Waals surface area contributed by atoms with Gasteiger partial charge in [-0.15, -0.1) is 0 Å². The molecule has 0 radical (unpaired) electrons. The van der Waals surface area contributed by atoms with Crippen molar-refractivity contribution in [2.24, 2.45) is 5.73 Å². The van der Waals surface area contributed by atoms with Crippen LogP contribution in [0.5, 0.6) is 0 Å². The summed E-state index contributed by atoms with van der Waals surface area (Å²) in [4.78, 5) is 10.1. The molecule has 0 rings (SSSR count). The van der Waals surface area contributed by atoms with Crippen LogP contribution in [0.4, 0.5) is 0 Å². The summed E-state index contributed by atoms with van der Waals surface area (Å²) in [6.07, 6.45) is 1.89. The van der Waals surface area contributed by atoms with Crippen LogP contribution in [0.15, 0.2) is 0 Å². The van der Waals surface area contributed by atoms with Crippen LogP contribution >= 0.6 is 11.8 Å². The Morgan fingerprint density at radius 3 is 2.60 bits per heavy atom. The van der Waals surface area contributed by atoms with Crippen molar-refractivity contribution in [3.05, 3.63) is 0 Å². The van der Waals surface area contributed by atoms with Gasteiger partial charge in [-0.25, -0.2) is 4.79 Å². The summed E-state index contributed by atoms with van der Waals surface area (Å²) in [6.45, 7) is 0. The Labute approximate surface area is 63.4 Å². The van der Waals surface area contributed by atoms with E-state index in [-0.39, 0.29) is 6.42 Å². The van der Waals surface area contributed by atoms with E-state index >= 15 is 0 Å². The average molecular weight is 165 g/mol. The first-order chi connectivity index (χ1) is 4.50. The molecule has 0 amide bonds. The fraction of sp³-hybridized carbons (Fsp3) is 0.800. The lowest BCUT2D eigenvalue weighted by molar-refractivity contribution is -0.158. The number of carboxylic acid groups (broad SMARTS) is 1. The largest absolute Gasteiger partial charge is 0.478 e. The van der Waals surface area contributed by atoms with Gasteiger partial charge in [-0.3, -0.25) is 5.73 Å². The number of aliphatic hydroxyl groups is 1. The molecule has 0 aliphatic heterocycles. The molecule has 60 valence electrons. The molecule has 0 aliphatic carbocycles. The lowest BCUT2D eigenvalue weighted by atomic mass is 10.2. The molecule has 0 saturated heterocycles. The van der Waals surface area contributed by atoms with Gasteiger partial charge in [-0.05, 0) is 12.0 Å². The topological polar surface area (TPSA) is 83.5 Å². The highest BCUT2D eigenvalue weighted by Crippen LogP contribution is 2.06. The van der Waals surface area contributed by atoms with Crippen LogP contribution in [0.2, 0.25) is 0 Å². The minimum atomic E-state index is -2.05. The van der Waals surface area contributed by atoms with Crippen molar-refractivity contribution >= 4 is 17.7 Å². The van der Waals surface area contributed by atoms with Gasteiger partial charge in [0.05, 0.1) is 0 Å². The second-order valence-corrected chi connectivity index (χ2v) is 2.96. The second kappa shape index (κ2) is 3.80. The maximum Gasteiger partial charge on any atom is 0.351 e. The number of rotatable bonds is 4. The molecule has 0 bridgehead atoms. The molecule has 4 nitrogen and oxygen atoms in total. The van der Waals surface area contributed by atoms with Crippen LogP contribution in [0, 0.1) is 0 Å². The van der Waals surface area contributed by atoms with E-state index in [1.54, 1.807) is 0 Å². The maximum atomic E-state index is 10.1. The fourth-order valence-electron chi connectivity index (χ4n) is 0.365. The molecule has 0 aromatic carbocycles. The van der Waals surface area contributed by atoms with Gasteiger partial charge in [0.15, 0.2) is 0 Å². The van der Waals surface area contributed by atoms with E-state index in [9.17, 15) is 4.79 Å². The Morgan fingerprint density at radius 1 is 1.80 bits per heavy atom. The summed E-state index contributed by atoms with van der Waals surface area (Å²) in [5.41, 5.74) is 2.94. The first kappa shape index (κ1) is 9.74. The van der Waals surface area contributed by atoms with Crippen molar-refractivity contribution in [1.82, 2.24) is 0 Å². The zero-order valence-electron chi connectivity index (χ0n) is 5.70. The summed E-state index contributed by atoms with van der Waals surface area (Å²) in [5, 5.41) is 17.2. The first-order valence-corrected chi connectivity index (χ1v) is 4.13. The average Bonchev–Trinajstić information content (AvgIpc) is 1.84. The minimum absolute atomic E-state index is 0.0729. The molecular weight excluding hydrogens is 154 g/mol. The lowest BCUT2D eigenvalue weighted by Crippen LogP contribution is -2.48. The van der Waals surface area contributed by atoms with Gasteiger partial charge < -0.3 is 10.2 Å². The van der Waals surface area contributed by atoms with Crippen molar-refractivity contribution < 1.29 is 15.0 Å². The Morgan fingerprint density at radius 2 is 2.30 bits per heavy atom. The van der Waals surface area contributed by atoms with E-state index in [1.165, 1.54) is 11.8 Å². The molecule has 1 atom stereocenters. The Bertz CT molecular complexity index is 126. The van der Waals surface area contributed by atoms with Gasteiger partial charge in [-0.2, -0.15) is 11.8 Å². The first-order valence-electron chi connectivity index (χ1n) is 2.74. The van der Waals surface area contributed by atoms with Crippen molar-refractivity contribution in [3.8, 4) is 0 Å². The number of aliphatic carboxylic acids is 1. The van der Waals surface area contributed by atoms with E-state index in [2.05, 4.69) is 0 Å². The van der Waals surface area contributed by atoms with Crippen LogP contribution in [0.25, 0.3) is 0 Å². The third-order valence-corrected chi connectivity index (χ3v) is 1.67. The van der Waals surface area contributed by atoms with E-state index in [4.69, 9.17) is 15.9 Å². The highest BCUT2D eigenvalue weighted by molar-refractivity contribution is 7.98. The summed E-state index contributed by atoms with van der Waals surface area (Å²) in [7, 11) is 0. The number of carboxylic acids is 1. The molecule has 0 heterocycles. The Hall–Kier alpha value is -0.260. The van der Waals surface area contributed by atoms with Gasteiger partial charge in [-0.1, -0.05) is 0 Å². The summed E-state index contributed by atoms with van der Waals surface area (Å²) in [6, 6.07) is 0. The van der Waals surface area contributed by atoms with E-state index in [0.717, 1.165) is 0 Å². The lowest BCUT2D eigenvalue weighted by Gasteiger charge is -2.15. The van der Waals surface area contributed by atoms with E-state index in [1.807, 2.05) is 6.26 Å². The summed E-state index contributed by atoms with van der Waals surface area (Å²) >= 11 is 1.44. The molecule has 0 fully saturated rings. The molecule has 0 aromatic rings. The zero-order valence-corrected chi connectivity index (χ0v) is 6.52. The fourth-order valence-corrected chi connectivity index (χ4v) is 0.880. The highest BCUT2D eigenvalue weighted by Gasteiger charge is 2.29. The number of thioether (sulfide) groups is 1. The predicted molar refractivity (Wildman–Crippen MR) is 39.8 cm³/mol. The molecule has 0 aromatic heterocycles. The third kappa shape index (κ3) is 3.05. The number of hydrogen-bond donors (Lipinski definition) is 3. The zero-order chi connectivity index (χ0) is 8.20. The molecule has 5 heteroatoms. The van der Waals surface area contributed by atoms with Crippen molar-refractivity contribution in [1.29, 1.82) is 0 Å². The maximum absolute atomic E-state index is 10.1. The van der Waals surface area contributed by atoms with Crippen molar-refractivity contribution in [2.75, 3.05) is 12.0 Å². The summed E-state index contributed by atoms with van der Waals surface area (Å²) < 4.78 is 0. The van der Waals surface area contributed by atoms with Gasteiger partial charge >= 0.3 is 5.97 Å². The quantitative estimate of drug-likeness (QED) is 0.488. The number of carbonyl (C=O) groups is 1. The van der Waals surface area contributed by atoms with Crippen LogP contribution < -0.4 is 5.73 Å². The number of nitrogens with two attached hydrogens (primary N) is 1. The van der Waals surface area contributed by atoms with Gasteiger partial charge in [0.25, 0.3) is 0 Å².